The second kappa shape index (κ2) is 6.25. The van der Waals surface area contributed by atoms with Crippen LogP contribution in [-0.4, -0.2) is 29.7 Å². The fraction of sp³-hybridized carbons (Fsp3) is 0.0625. The Kier molecular flexibility index (Phi) is 3.80. The molecule has 0 saturated carbocycles. The topological polar surface area (TPSA) is 69.4 Å². The van der Waals surface area contributed by atoms with Crippen LogP contribution in [0.5, 0.6) is 0 Å². The number of thiazole rings is 1. The van der Waals surface area contributed by atoms with Crippen molar-refractivity contribution in [2.45, 2.75) is 6.54 Å². The standard InChI is InChI=1S/C16H11FN6S/c17-12-4-2-1-3-11(12)8-23-16(14-9-24-10-20-14)21-15(22-23)13-7-18-5-6-19-13/h1-7,9-10H,8H2. The lowest BCUT2D eigenvalue weighted by molar-refractivity contribution is 0.587. The lowest BCUT2D eigenvalue weighted by Gasteiger charge is -2.05. The van der Waals surface area contributed by atoms with Gasteiger partial charge in [0, 0.05) is 23.3 Å². The van der Waals surface area contributed by atoms with Gasteiger partial charge in [-0.2, -0.15) is 0 Å². The molecular formula is C16H11FN6S. The van der Waals surface area contributed by atoms with Gasteiger partial charge in [-0.3, -0.25) is 4.98 Å². The van der Waals surface area contributed by atoms with Crippen LogP contribution in [0.15, 0.2) is 53.7 Å². The summed E-state index contributed by atoms with van der Waals surface area (Å²) in [6.45, 7) is 0.257. The van der Waals surface area contributed by atoms with E-state index in [9.17, 15) is 4.39 Å². The zero-order valence-electron chi connectivity index (χ0n) is 12.4. The van der Waals surface area contributed by atoms with Gasteiger partial charge in [-0.15, -0.1) is 16.4 Å². The Morgan fingerprint density at radius 1 is 1.08 bits per heavy atom. The summed E-state index contributed by atoms with van der Waals surface area (Å²) in [7, 11) is 0. The predicted molar refractivity (Wildman–Crippen MR) is 87.7 cm³/mol. The molecule has 0 spiro atoms. The summed E-state index contributed by atoms with van der Waals surface area (Å²) < 4.78 is 15.6. The summed E-state index contributed by atoms with van der Waals surface area (Å²) in [4.78, 5) is 17.1. The molecule has 0 fully saturated rings. The second-order valence-electron chi connectivity index (χ2n) is 4.97. The molecule has 0 amide bonds. The molecule has 4 rings (SSSR count). The Morgan fingerprint density at radius 3 is 2.75 bits per heavy atom. The quantitative estimate of drug-likeness (QED) is 0.572. The van der Waals surface area contributed by atoms with Gasteiger partial charge >= 0.3 is 0 Å². The van der Waals surface area contributed by atoms with Crippen LogP contribution < -0.4 is 0 Å². The zero-order valence-corrected chi connectivity index (χ0v) is 13.2. The Hall–Kier alpha value is -3.00. The molecule has 0 aliphatic rings. The second-order valence-corrected chi connectivity index (χ2v) is 5.69. The van der Waals surface area contributed by atoms with E-state index in [2.05, 4.69) is 25.0 Å². The van der Waals surface area contributed by atoms with Gasteiger partial charge in [0.1, 0.15) is 17.2 Å². The van der Waals surface area contributed by atoms with Crippen LogP contribution >= 0.6 is 11.3 Å². The smallest absolute Gasteiger partial charge is 0.202 e. The van der Waals surface area contributed by atoms with Crippen molar-refractivity contribution in [1.82, 2.24) is 29.7 Å². The van der Waals surface area contributed by atoms with Gasteiger partial charge in [-0.1, -0.05) is 18.2 Å². The van der Waals surface area contributed by atoms with Crippen LogP contribution in [0.3, 0.4) is 0 Å². The molecule has 6 nitrogen and oxygen atoms in total. The van der Waals surface area contributed by atoms with E-state index in [0.717, 1.165) is 0 Å². The molecule has 0 saturated heterocycles. The number of benzene rings is 1. The van der Waals surface area contributed by atoms with Gasteiger partial charge in [0.05, 0.1) is 18.3 Å². The maximum Gasteiger partial charge on any atom is 0.202 e. The molecule has 4 aromatic rings. The maximum absolute atomic E-state index is 14.0. The third kappa shape index (κ3) is 2.79. The highest BCUT2D eigenvalue weighted by atomic mass is 32.1. The fourth-order valence-corrected chi connectivity index (χ4v) is 2.81. The summed E-state index contributed by atoms with van der Waals surface area (Å²) in [5.41, 5.74) is 3.50. The monoisotopic (exact) mass is 338 g/mol. The first-order chi connectivity index (χ1) is 11.8. The highest BCUT2D eigenvalue weighted by Gasteiger charge is 2.17. The van der Waals surface area contributed by atoms with E-state index < -0.39 is 0 Å². The number of nitrogens with zero attached hydrogens (tertiary/aromatic N) is 6. The molecule has 0 unspecified atom stereocenters. The van der Waals surface area contributed by atoms with Crippen molar-refractivity contribution < 1.29 is 4.39 Å². The van der Waals surface area contributed by atoms with Crippen LogP contribution in [0.25, 0.3) is 23.0 Å². The molecule has 0 aliphatic heterocycles. The number of rotatable bonds is 4. The van der Waals surface area contributed by atoms with Gasteiger partial charge in [-0.05, 0) is 6.07 Å². The molecule has 8 heteroatoms. The van der Waals surface area contributed by atoms with Gasteiger partial charge in [0.25, 0.3) is 0 Å². The van der Waals surface area contributed by atoms with Crippen molar-refractivity contribution >= 4 is 11.3 Å². The predicted octanol–water partition coefficient (Wildman–Crippen LogP) is 3.05. The number of halogens is 1. The SMILES string of the molecule is Fc1ccccc1Cn1nc(-c2cnccn2)nc1-c1cscn1. The minimum atomic E-state index is -0.279. The van der Waals surface area contributed by atoms with Crippen molar-refractivity contribution in [2.24, 2.45) is 0 Å². The van der Waals surface area contributed by atoms with Crippen molar-refractivity contribution in [3.63, 3.8) is 0 Å². The normalized spacial score (nSPS) is 10.9. The molecule has 118 valence electrons. The highest BCUT2D eigenvalue weighted by molar-refractivity contribution is 7.07. The summed E-state index contributed by atoms with van der Waals surface area (Å²) in [6.07, 6.45) is 4.75. The van der Waals surface area contributed by atoms with E-state index >= 15 is 0 Å². The van der Waals surface area contributed by atoms with E-state index in [0.29, 0.717) is 28.6 Å². The molecular weight excluding hydrogens is 327 g/mol. The molecule has 1 aromatic carbocycles. The van der Waals surface area contributed by atoms with E-state index in [1.54, 1.807) is 47.0 Å². The number of hydrogen-bond acceptors (Lipinski definition) is 6. The first-order valence-corrected chi connectivity index (χ1v) is 8.09. The Bertz CT molecular complexity index is 952. The van der Waals surface area contributed by atoms with Crippen molar-refractivity contribution in [3.05, 3.63) is 65.1 Å². The van der Waals surface area contributed by atoms with Crippen LogP contribution in [0.2, 0.25) is 0 Å². The Balaban J connectivity index is 1.80. The molecule has 0 radical (unpaired) electrons. The molecule has 0 bridgehead atoms. The first kappa shape index (κ1) is 14.6. The maximum atomic E-state index is 14.0. The summed E-state index contributed by atoms with van der Waals surface area (Å²) in [5, 5.41) is 6.35. The summed E-state index contributed by atoms with van der Waals surface area (Å²) in [5.74, 6) is 0.723. The minimum absolute atomic E-state index is 0.257. The van der Waals surface area contributed by atoms with E-state index in [-0.39, 0.29) is 12.4 Å². The summed E-state index contributed by atoms with van der Waals surface area (Å²) >= 11 is 1.46. The van der Waals surface area contributed by atoms with Crippen molar-refractivity contribution in [2.75, 3.05) is 0 Å². The molecule has 3 heterocycles. The van der Waals surface area contributed by atoms with Crippen LogP contribution in [0.1, 0.15) is 5.56 Å². The molecule has 24 heavy (non-hydrogen) atoms. The number of hydrogen-bond donors (Lipinski definition) is 0. The lowest BCUT2D eigenvalue weighted by Crippen LogP contribution is -2.06. The van der Waals surface area contributed by atoms with Crippen LogP contribution in [-0.2, 0) is 6.54 Å². The molecule has 0 aliphatic carbocycles. The van der Waals surface area contributed by atoms with Gasteiger partial charge < -0.3 is 0 Å². The van der Waals surface area contributed by atoms with E-state index in [4.69, 9.17) is 0 Å². The first-order valence-electron chi connectivity index (χ1n) is 7.14. The van der Waals surface area contributed by atoms with Gasteiger partial charge in [-0.25, -0.2) is 24.0 Å². The molecule has 3 aromatic heterocycles. The van der Waals surface area contributed by atoms with E-state index in [1.807, 2.05) is 5.38 Å². The van der Waals surface area contributed by atoms with Crippen molar-refractivity contribution in [1.29, 1.82) is 0 Å². The van der Waals surface area contributed by atoms with E-state index in [1.165, 1.54) is 17.4 Å². The largest absolute Gasteiger partial charge is 0.261 e. The average Bonchev–Trinajstić information content (AvgIpc) is 3.27. The van der Waals surface area contributed by atoms with Crippen LogP contribution in [0.4, 0.5) is 4.39 Å². The van der Waals surface area contributed by atoms with Crippen LogP contribution in [0, 0.1) is 5.82 Å². The fourth-order valence-electron chi connectivity index (χ4n) is 2.28. The van der Waals surface area contributed by atoms with Gasteiger partial charge in [0.15, 0.2) is 5.82 Å². The Morgan fingerprint density at radius 2 is 2.00 bits per heavy atom. The zero-order chi connectivity index (χ0) is 16.4. The van der Waals surface area contributed by atoms with Gasteiger partial charge in [0.2, 0.25) is 5.82 Å². The highest BCUT2D eigenvalue weighted by Crippen LogP contribution is 2.22. The third-order valence-corrected chi connectivity index (χ3v) is 3.99. The van der Waals surface area contributed by atoms with Crippen molar-refractivity contribution in [3.8, 4) is 23.0 Å². The average molecular weight is 338 g/mol. The molecule has 0 N–H and O–H groups in total. The Labute approximate surface area is 140 Å². The third-order valence-electron chi connectivity index (χ3n) is 3.40. The molecule has 0 atom stereocenters. The minimum Gasteiger partial charge on any atom is -0.261 e. The summed E-state index contributed by atoms with van der Waals surface area (Å²) in [6, 6.07) is 6.61. The number of aromatic nitrogens is 6. The lowest BCUT2D eigenvalue weighted by atomic mass is 10.2.